The number of nitrogens with zero attached hydrogens (tertiary/aromatic N) is 1. The minimum absolute atomic E-state index is 0.335. The number of piperidine rings is 1. The molecule has 2 aromatic carbocycles. The first-order valence-corrected chi connectivity index (χ1v) is 9.05. The van der Waals surface area contributed by atoms with Gasteiger partial charge in [-0.3, -0.25) is 0 Å². The van der Waals surface area contributed by atoms with E-state index in [2.05, 4.69) is 4.90 Å². The summed E-state index contributed by atoms with van der Waals surface area (Å²) in [7, 11) is 0. The van der Waals surface area contributed by atoms with Crippen molar-refractivity contribution in [3.05, 3.63) is 71.3 Å². The number of aliphatic hydroxyl groups is 1. The van der Waals surface area contributed by atoms with E-state index in [0.717, 1.165) is 26.1 Å². The maximum Gasteiger partial charge on any atom is 0.123 e. The van der Waals surface area contributed by atoms with Crippen molar-refractivity contribution in [2.45, 2.75) is 37.7 Å². The molecule has 3 rings (SSSR count). The first-order valence-electron chi connectivity index (χ1n) is 9.05. The third-order valence-electron chi connectivity index (χ3n) is 5.11. The van der Waals surface area contributed by atoms with Gasteiger partial charge in [0.2, 0.25) is 0 Å². The van der Waals surface area contributed by atoms with Gasteiger partial charge in [0.05, 0.1) is 0 Å². The molecule has 1 heterocycles. The van der Waals surface area contributed by atoms with Gasteiger partial charge in [-0.1, -0.05) is 30.7 Å². The van der Waals surface area contributed by atoms with Gasteiger partial charge in [-0.25, -0.2) is 8.78 Å². The van der Waals surface area contributed by atoms with E-state index in [0.29, 0.717) is 17.5 Å². The third-order valence-corrected chi connectivity index (χ3v) is 5.11. The predicted molar refractivity (Wildman–Crippen MR) is 95.3 cm³/mol. The van der Waals surface area contributed by atoms with Crippen molar-refractivity contribution in [3.63, 3.8) is 0 Å². The predicted octanol–water partition coefficient (Wildman–Crippen LogP) is 4.47. The van der Waals surface area contributed by atoms with Crippen molar-refractivity contribution in [2.24, 2.45) is 0 Å². The maximum absolute atomic E-state index is 13.3. The van der Waals surface area contributed by atoms with E-state index in [9.17, 15) is 13.9 Å². The zero-order valence-corrected chi connectivity index (χ0v) is 14.4. The molecule has 0 spiro atoms. The van der Waals surface area contributed by atoms with Gasteiger partial charge < -0.3 is 10.0 Å². The van der Waals surface area contributed by atoms with Gasteiger partial charge >= 0.3 is 0 Å². The van der Waals surface area contributed by atoms with Crippen molar-refractivity contribution in [2.75, 3.05) is 19.6 Å². The highest BCUT2D eigenvalue weighted by atomic mass is 19.1. The number of halogens is 2. The molecule has 1 saturated heterocycles. The Morgan fingerprint density at radius 1 is 0.800 bits per heavy atom. The summed E-state index contributed by atoms with van der Waals surface area (Å²) in [5, 5.41) is 11.4. The number of hydrogen-bond donors (Lipinski definition) is 1. The molecule has 0 aromatic heterocycles. The van der Waals surface area contributed by atoms with E-state index in [4.69, 9.17) is 0 Å². The Bertz CT molecular complexity index is 618. The smallest absolute Gasteiger partial charge is 0.123 e. The minimum atomic E-state index is -1.24. The molecule has 0 bridgehead atoms. The van der Waals surface area contributed by atoms with Crippen LogP contribution < -0.4 is 0 Å². The van der Waals surface area contributed by atoms with E-state index in [-0.39, 0.29) is 11.6 Å². The van der Waals surface area contributed by atoms with Gasteiger partial charge in [-0.05, 0) is 80.7 Å². The van der Waals surface area contributed by atoms with Gasteiger partial charge in [-0.15, -0.1) is 0 Å². The van der Waals surface area contributed by atoms with Crippen LogP contribution in [0.25, 0.3) is 0 Å². The average Bonchev–Trinajstić information content (AvgIpc) is 2.63. The minimum Gasteiger partial charge on any atom is -0.380 e. The van der Waals surface area contributed by atoms with Crippen LogP contribution in [0.15, 0.2) is 48.5 Å². The number of benzene rings is 2. The van der Waals surface area contributed by atoms with E-state index in [1.807, 2.05) is 0 Å². The lowest BCUT2D eigenvalue weighted by Gasteiger charge is -2.32. The molecule has 0 unspecified atom stereocenters. The Balaban J connectivity index is 1.78. The molecule has 1 aliphatic rings. The molecule has 134 valence electrons. The first-order chi connectivity index (χ1) is 12.1. The van der Waals surface area contributed by atoms with Crippen LogP contribution >= 0.6 is 0 Å². The van der Waals surface area contributed by atoms with Gasteiger partial charge in [0, 0.05) is 0 Å². The molecule has 4 heteroatoms. The fourth-order valence-electron chi connectivity index (χ4n) is 3.65. The zero-order chi connectivity index (χ0) is 17.7. The normalized spacial score (nSPS) is 16.1. The van der Waals surface area contributed by atoms with Crippen LogP contribution in [0.5, 0.6) is 0 Å². The zero-order valence-electron chi connectivity index (χ0n) is 14.4. The molecule has 25 heavy (non-hydrogen) atoms. The largest absolute Gasteiger partial charge is 0.380 e. The topological polar surface area (TPSA) is 23.5 Å². The quantitative estimate of drug-likeness (QED) is 0.835. The molecule has 0 radical (unpaired) electrons. The van der Waals surface area contributed by atoms with Crippen LogP contribution in [-0.4, -0.2) is 29.6 Å². The molecule has 0 atom stereocenters. The Labute approximate surface area is 148 Å². The number of likely N-dealkylation sites (tertiary alicyclic amines) is 1. The summed E-state index contributed by atoms with van der Waals surface area (Å²) in [6.45, 7) is 3.17. The lowest BCUT2D eigenvalue weighted by atomic mass is 9.82. The second-order valence-electron chi connectivity index (χ2n) is 6.88. The molecule has 1 aliphatic heterocycles. The van der Waals surface area contributed by atoms with Crippen molar-refractivity contribution < 1.29 is 13.9 Å². The Morgan fingerprint density at radius 3 is 1.76 bits per heavy atom. The van der Waals surface area contributed by atoms with Crippen molar-refractivity contribution >= 4 is 0 Å². The first kappa shape index (κ1) is 18.0. The molecule has 0 amide bonds. The second-order valence-corrected chi connectivity index (χ2v) is 6.88. The fraction of sp³-hybridized carbons (Fsp3) is 0.429. The molecular formula is C21H25F2NO. The van der Waals surface area contributed by atoms with Crippen molar-refractivity contribution in [1.29, 1.82) is 0 Å². The maximum atomic E-state index is 13.3. The molecule has 0 aliphatic carbocycles. The lowest BCUT2D eigenvalue weighted by Crippen LogP contribution is -2.33. The molecule has 1 fully saturated rings. The molecule has 0 saturated carbocycles. The summed E-state index contributed by atoms with van der Waals surface area (Å²) in [4.78, 5) is 2.43. The van der Waals surface area contributed by atoms with E-state index >= 15 is 0 Å². The Kier molecular flexibility index (Phi) is 5.82. The van der Waals surface area contributed by atoms with Crippen LogP contribution in [0.3, 0.4) is 0 Å². The Hall–Kier alpha value is -1.78. The molecule has 2 aromatic rings. The fourth-order valence-corrected chi connectivity index (χ4v) is 3.65. The van der Waals surface area contributed by atoms with Crippen LogP contribution in [-0.2, 0) is 5.60 Å². The SMILES string of the molecule is OC(CCCN1CCCCC1)(c1ccc(F)cc1)c1ccc(F)cc1. The lowest BCUT2D eigenvalue weighted by molar-refractivity contribution is 0.0637. The molecular weight excluding hydrogens is 320 g/mol. The standard InChI is InChI=1S/C21H25F2NO/c22-19-9-5-17(6-10-19)21(25,18-7-11-20(23)12-8-18)13-4-16-24-14-2-1-3-15-24/h5-12,25H,1-4,13-16H2. The van der Waals surface area contributed by atoms with E-state index < -0.39 is 5.60 Å². The van der Waals surface area contributed by atoms with Crippen molar-refractivity contribution in [3.8, 4) is 0 Å². The summed E-state index contributed by atoms with van der Waals surface area (Å²) in [5.41, 5.74) is 0.0373. The Morgan fingerprint density at radius 2 is 1.28 bits per heavy atom. The number of rotatable bonds is 6. The van der Waals surface area contributed by atoms with Crippen molar-refractivity contribution in [1.82, 2.24) is 4.90 Å². The summed E-state index contributed by atoms with van der Waals surface area (Å²) < 4.78 is 26.6. The summed E-state index contributed by atoms with van der Waals surface area (Å²) in [6.07, 6.45) is 5.11. The highest BCUT2D eigenvalue weighted by molar-refractivity contribution is 5.36. The van der Waals surface area contributed by atoms with Crippen LogP contribution in [0.4, 0.5) is 8.78 Å². The van der Waals surface area contributed by atoms with Crippen LogP contribution in [0, 0.1) is 11.6 Å². The van der Waals surface area contributed by atoms with E-state index in [1.165, 1.54) is 43.5 Å². The highest BCUT2D eigenvalue weighted by Gasteiger charge is 2.31. The monoisotopic (exact) mass is 345 g/mol. The van der Waals surface area contributed by atoms with Gasteiger partial charge in [0.1, 0.15) is 17.2 Å². The summed E-state index contributed by atoms with van der Waals surface area (Å²) in [6, 6.07) is 11.9. The number of hydrogen-bond acceptors (Lipinski definition) is 2. The second kappa shape index (κ2) is 8.07. The van der Waals surface area contributed by atoms with Gasteiger partial charge in [-0.2, -0.15) is 0 Å². The summed E-state index contributed by atoms with van der Waals surface area (Å²) in [5.74, 6) is -0.669. The molecule has 2 nitrogen and oxygen atoms in total. The summed E-state index contributed by atoms with van der Waals surface area (Å²) >= 11 is 0. The average molecular weight is 345 g/mol. The van der Waals surface area contributed by atoms with Gasteiger partial charge in [0.15, 0.2) is 0 Å². The van der Waals surface area contributed by atoms with E-state index in [1.54, 1.807) is 24.3 Å². The van der Waals surface area contributed by atoms with Crippen LogP contribution in [0.2, 0.25) is 0 Å². The van der Waals surface area contributed by atoms with Crippen LogP contribution in [0.1, 0.15) is 43.2 Å². The highest BCUT2D eigenvalue weighted by Crippen LogP contribution is 2.34. The molecule has 1 N–H and O–H groups in total. The third kappa shape index (κ3) is 4.44. The van der Waals surface area contributed by atoms with Gasteiger partial charge in [0.25, 0.3) is 0 Å².